The first kappa shape index (κ1) is 18.5. The van der Waals surface area contributed by atoms with Crippen molar-refractivity contribution < 1.29 is 23.1 Å². The Hall–Kier alpha value is -1.24. The Morgan fingerprint density at radius 3 is 2.32 bits per heavy atom. The molecular formula is C18H28F2N2O3. The fraction of sp³-hybridized carbons (Fsp3) is 0.889. The maximum absolute atomic E-state index is 13.1. The van der Waals surface area contributed by atoms with Crippen molar-refractivity contribution in [1.29, 1.82) is 0 Å². The molecule has 1 spiro atoms. The van der Waals surface area contributed by atoms with E-state index in [1.165, 1.54) is 7.11 Å². The van der Waals surface area contributed by atoms with Gasteiger partial charge in [-0.25, -0.2) is 8.78 Å². The molecule has 0 aromatic rings. The minimum Gasteiger partial charge on any atom is -0.372 e. The molecule has 3 aliphatic rings. The van der Waals surface area contributed by atoms with E-state index in [0.717, 1.165) is 19.3 Å². The molecule has 3 aliphatic carbocycles. The molecule has 3 rings (SSSR count). The number of hydrogen-bond acceptors (Lipinski definition) is 3. The summed E-state index contributed by atoms with van der Waals surface area (Å²) in [5, 5.41) is 5.97. The molecule has 2 amide bonds. The van der Waals surface area contributed by atoms with Crippen LogP contribution in [0.4, 0.5) is 8.78 Å². The van der Waals surface area contributed by atoms with E-state index in [1.54, 1.807) is 0 Å². The molecule has 25 heavy (non-hydrogen) atoms. The predicted octanol–water partition coefficient (Wildman–Crippen LogP) is 2.39. The fourth-order valence-electron chi connectivity index (χ4n) is 4.65. The monoisotopic (exact) mass is 358 g/mol. The molecule has 142 valence electrons. The zero-order valence-electron chi connectivity index (χ0n) is 15.0. The van der Waals surface area contributed by atoms with E-state index in [4.69, 9.17) is 4.74 Å². The van der Waals surface area contributed by atoms with Crippen LogP contribution in [0.25, 0.3) is 0 Å². The Morgan fingerprint density at radius 1 is 1.24 bits per heavy atom. The molecule has 7 heteroatoms. The van der Waals surface area contributed by atoms with Crippen LogP contribution in [0.3, 0.4) is 0 Å². The molecular weight excluding hydrogens is 330 g/mol. The summed E-state index contributed by atoms with van der Waals surface area (Å²) in [5.74, 6) is -2.90. The van der Waals surface area contributed by atoms with E-state index in [2.05, 4.69) is 10.6 Å². The summed E-state index contributed by atoms with van der Waals surface area (Å²) in [5.41, 5.74) is -0.676. The summed E-state index contributed by atoms with van der Waals surface area (Å²) >= 11 is 0. The van der Waals surface area contributed by atoms with Gasteiger partial charge in [-0.2, -0.15) is 0 Å². The van der Waals surface area contributed by atoms with Gasteiger partial charge in [-0.1, -0.05) is 6.92 Å². The van der Waals surface area contributed by atoms with Crippen LogP contribution in [0.5, 0.6) is 0 Å². The van der Waals surface area contributed by atoms with Crippen molar-refractivity contribution in [3.63, 3.8) is 0 Å². The number of ether oxygens (including phenoxy) is 1. The van der Waals surface area contributed by atoms with E-state index in [1.807, 2.05) is 6.92 Å². The number of alkyl halides is 2. The third kappa shape index (κ3) is 3.66. The molecule has 0 aromatic heterocycles. The van der Waals surface area contributed by atoms with E-state index in [0.29, 0.717) is 25.8 Å². The zero-order valence-corrected chi connectivity index (χ0v) is 15.0. The molecule has 3 saturated carbocycles. The van der Waals surface area contributed by atoms with Crippen molar-refractivity contribution in [3.8, 4) is 0 Å². The number of halogens is 2. The van der Waals surface area contributed by atoms with Gasteiger partial charge in [0, 0.05) is 32.4 Å². The molecule has 0 aliphatic heterocycles. The minimum atomic E-state index is -2.53. The fourth-order valence-corrected chi connectivity index (χ4v) is 4.65. The molecule has 2 N–H and O–H groups in total. The zero-order chi connectivity index (χ0) is 18.3. The second-order valence-corrected chi connectivity index (χ2v) is 8.29. The molecule has 0 heterocycles. The molecule has 5 nitrogen and oxygen atoms in total. The van der Waals surface area contributed by atoms with E-state index >= 15 is 0 Å². The summed E-state index contributed by atoms with van der Waals surface area (Å²) in [6, 6.07) is 0. The SMILES string of the molecule is CCC(OC)C(=O)NCC1(NC(=O)C2CC3(C2)CC(F)(F)C3)CCC1. The van der Waals surface area contributed by atoms with Crippen molar-refractivity contribution in [2.24, 2.45) is 11.3 Å². The molecule has 0 aromatic carbocycles. The first-order valence-electron chi connectivity index (χ1n) is 9.22. The number of rotatable bonds is 7. The summed E-state index contributed by atoms with van der Waals surface area (Å²) in [6.45, 7) is 2.28. The highest BCUT2D eigenvalue weighted by Gasteiger charge is 2.63. The van der Waals surface area contributed by atoms with Crippen LogP contribution in [0.15, 0.2) is 0 Å². The van der Waals surface area contributed by atoms with E-state index in [-0.39, 0.29) is 41.5 Å². The van der Waals surface area contributed by atoms with Gasteiger partial charge < -0.3 is 15.4 Å². The maximum atomic E-state index is 13.1. The molecule has 1 unspecified atom stereocenters. The van der Waals surface area contributed by atoms with Gasteiger partial charge in [0.05, 0.1) is 5.54 Å². The number of amides is 2. The van der Waals surface area contributed by atoms with Gasteiger partial charge in [-0.05, 0) is 43.9 Å². The number of carbonyl (C=O) groups is 2. The third-order valence-electron chi connectivity index (χ3n) is 6.24. The smallest absolute Gasteiger partial charge is 0.249 e. The van der Waals surface area contributed by atoms with Crippen molar-refractivity contribution in [2.45, 2.75) is 75.9 Å². The highest BCUT2D eigenvalue weighted by Crippen LogP contribution is 2.64. The normalized spacial score (nSPS) is 26.7. The van der Waals surface area contributed by atoms with Gasteiger partial charge in [0.25, 0.3) is 0 Å². The summed E-state index contributed by atoms with van der Waals surface area (Å²) < 4.78 is 31.3. The highest BCUT2D eigenvalue weighted by molar-refractivity contribution is 5.82. The number of hydrogen-bond donors (Lipinski definition) is 2. The van der Waals surface area contributed by atoms with Gasteiger partial charge in [-0.15, -0.1) is 0 Å². The molecule has 1 atom stereocenters. The van der Waals surface area contributed by atoms with Crippen LogP contribution in [-0.4, -0.2) is 43.0 Å². The Bertz CT molecular complexity index is 528. The lowest BCUT2D eigenvalue weighted by atomic mass is 9.50. The van der Waals surface area contributed by atoms with Gasteiger partial charge in [0.15, 0.2) is 0 Å². The number of methoxy groups -OCH3 is 1. The number of nitrogens with one attached hydrogen (secondary N) is 2. The van der Waals surface area contributed by atoms with Crippen LogP contribution >= 0.6 is 0 Å². The molecule has 3 fully saturated rings. The lowest BCUT2D eigenvalue weighted by Gasteiger charge is -2.57. The van der Waals surface area contributed by atoms with E-state index in [9.17, 15) is 18.4 Å². The average Bonchev–Trinajstić information content (AvgIpc) is 2.45. The first-order chi connectivity index (χ1) is 11.7. The van der Waals surface area contributed by atoms with Crippen molar-refractivity contribution in [3.05, 3.63) is 0 Å². The standard InChI is InChI=1S/C18H28F2N2O3/c1-3-13(25-2)15(24)21-11-17(5-4-6-17)22-14(23)12-7-16(8-12)9-18(19,20)10-16/h12-13H,3-11H2,1-2H3,(H,21,24)(H,22,23). The minimum absolute atomic E-state index is 0.0476. The second-order valence-electron chi connectivity index (χ2n) is 8.29. The van der Waals surface area contributed by atoms with Crippen LogP contribution in [0.2, 0.25) is 0 Å². The van der Waals surface area contributed by atoms with E-state index < -0.39 is 12.0 Å². The van der Waals surface area contributed by atoms with Crippen LogP contribution in [-0.2, 0) is 14.3 Å². The molecule has 0 saturated heterocycles. The Morgan fingerprint density at radius 2 is 1.88 bits per heavy atom. The van der Waals surface area contributed by atoms with Crippen molar-refractivity contribution >= 4 is 11.8 Å². The Balaban J connectivity index is 1.46. The maximum Gasteiger partial charge on any atom is 0.249 e. The van der Waals surface area contributed by atoms with Crippen molar-refractivity contribution in [1.82, 2.24) is 10.6 Å². The van der Waals surface area contributed by atoms with Gasteiger partial charge in [0.2, 0.25) is 17.7 Å². The molecule has 0 radical (unpaired) electrons. The van der Waals surface area contributed by atoms with Crippen LogP contribution in [0, 0.1) is 11.3 Å². The van der Waals surface area contributed by atoms with Gasteiger partial charge in [0.1, 0.15) is 6.10 Å². The quantitative estimate of drug-likeness (QED) is 0.734. The Kier molecular flexibility index (Phi) is 4.81. The summed E-state index contributed by atoms with van der Waals surface area (Å²) in [6.07, 6.45) is 3.80. The third-order valence-corrected chi connectivity index (χ3v) is 6.24. The van der Waals surface area contributed by atoms with Gasteiger partial charge in [-0.3, -0.25) is 9.59 Å². The largest absolute Gasteiger partial charge is 0.372 e. The average molecular weight is 358 g/mol. The first-order valence-corrected chi connectivity index (χ1v) is 9.22. The lowest BCUT2D eigenvalue weighted by molar-refractivity contribution is -0.208. The van der Waals surface area contributed by atoms with Crippen LogP contribution in [0.1, 0.15) is 58.3 Å². The summed E-state index contributed by atoms with van der Waals surface area (Å²) in [4.78, 5) is 24.5. The van der Waals surface area contributed by atoms with Gasteiger partial charge >= 0.3 is 0 Å². The highest BCUT2D eigenvalue weighted by atomic mass is 19.3. The Labute approximate surface area is 147 Å². The predicted molar refractivity (Wildman–Crippen MR) is 88.2 cm³/mol. The topological polar surface area (TPSA) is 67.4 Å². The second kappa shape index (κ2) is 6.49. The number of carbonyl (C=O) groups excluding carboxylic acids is 2. The van der Waals surface area contributed by atoms with Crippen molar-refractivity contribution in [2.75, 3.05) is 13.7 Å². The lowest BCUT2D eigenvalue weighted by Crippen LogP contribution is -2.64. The molecule has 0 bridgehead atoms. The summed E-state index contributed by atoms with van der Waals surface area (Å²) in [7, 11) is 1.51. The van der Waals surface area contributed by atoms with Crippen LogP contribution < -0.4 is 10.6 Å².